The molecule has 4 heterocycles. The van der Waals surface area contributed by atoms with Gasteiger partial charge in [0.15, 0.2) is 11.3 Å². The summed E-state index contributed by atoms with van der Waals surface area (Å²) >= 11 is 5.87. The number of anilines is 3. The second-order valence-corrected chi connectivity index (χ2v) is 8.46. The normalized spacial score (nSPS) is 10.5. The number of aromatic amines is 2. The molecule has 8 N–H and O–H groups in total. The summed E-state index contributed by atoms with van der Waals surface area (Å²) in [5, 5.41) is 12.1. The van der Waals surface area contributed by atoms with Crippen molar-refractivity contribution in [3.63, 3.8) is 0 Å². The topological polar surface area (TPSA) is 193 Å². The van der Waals surface area contributed by atoms with Crippen LogP contribution >= 0.6 is 11.6 Å². The number of nitrogens with two attached hydrogens (primary N) is 2. The summed E-state index contributed by atoms with van der Waals surface area (Å²) in [6.45, 7) is 4.71. The van der Waals surface area contributed by atoms with E-state index < -0.39 is 0 Å². The van der Waals surface area contributed by atoms with E-state index in [-0.39, 0.29) is 11.9 Å². The van der Waals surface area contributed by atoms with Crippen molar-refractivity contribution < 1.29 is 5.11 Å². The van der Waals surface area contributed by atoms with Gasteiger partial charge in [-0.1, -0.05) is 50.2 Å². The Balaban J connectivity index is 0.000000177. The van der Waals surface area contributed by atoms with Crippen molar-refractivity contribution in [2.45, 2.75) is 20.3 Å². The molecule has 0 spiro atoms. The molecular weight excluding hydrogens is 530 g/mol. The van der Waals surface area contributed by atoms with Crippen LogP contribution in [-0.4, -0.2) is 58.1 Å². The van der Waals surface area contributed by atoms with Crippen LogP contribution in [0.3, 0.4) is 0 Å². The number of imidazole rings is 2. The van der Waals surface area contributed by atoms with Crippen LogP contribution in [0.15, 0.2) is 61.2 Å². The number of nitrogen functional groups attached to an aromatic ring is 2. The second kappa shape index (κ2) is 13.3. The van der Waals surface area contributed by atoms with E-state index in [4.69, 9.17) is 28.2 Å². The molecule has 0 amide bonds. The first-order chi connectivity index (χ1) is 19.5. The summed E-state index contributed by atoms with van der Waals surface area (Å²) in [5.41, 5.74) is 18.9. The molecule has 2 aromatic carbocycles. The highest BCUT2D eigenvalue weighted by molar-refractivity contribution is 6.28. The van der Waals surface area contributed by atoms with Crippen molar-refractivity contribution in [3.05, 3.63) is 66.5 Å². The number of fused-ring (bicyclic) bond motifs is 2. The van der Waals surface area contributed by atoms with Gasteiger partial charge in [-0.25, -0.2) is 19.9 Å². The molecule has 0 saturated carbocycles. The van der Waals surface area contributed by atoms with Crippen molar-refractivity contribution in [3.8, 4) is 22.5 Å². The highest BCUT2D eigenvalue weighted by atomic mass is 35.5. The van der Waals surface area contributed by atoms with Crippen molar-refractivity contribution in [1.29, 1.82) is 0 Å². The number of aliphatic hydroxyl groups excluding tert-OH is 1. The summed E-state index contributed by atoms with van der Waals surface area (Å²) in [4.78, 5) is 31.4. The van der Waals surface area contributed by atoms with E-state index in [1.807, 2.05) is 62.4 Å². The highest BCUT2D eigenvalue weighted by Gasteiger charge is 2.14. The Kier molecular flexibility index (Phi) is 9.39. The fourth-order valence-corrected chi connectivity index (χ4v) is 3.98. The molecule has 12 nitrogen and oxygen atoms in total. The van der Waals surface area contributed by atoms with Gasteiger partial charge in [0.2, 0.25) is 11.2 Å². The van der Waals surface area contributed by atoms with Crippen LogP contribution in [0, 0.1) is 0 Å². The van der Waals surface area contributed by atoms with Gasteiger partial charge >= 0.3 is 0 Å². The zero-order valence-corrected chi connectivity index (χ0v) is 22.8. The zero-order chi connectivity index (χ0) is 28.5. The van der Waals surface area contributed by atoms with Gasteiger partial charge < -0.3 is 31.9 Å². The number of rotatable bonds is 6. The Morgan fingerprint density at radius 1 is 0.775 bits per heavy atom. The molecule has 4 aromatic heterocycles. The molecule has 0 aliphatic carbocycles. The van der Waals surface area contributed by atoms with Crippen LogP contribution in [0.2, 0.25) is 5.28 Å². The van der Waals surface area contributed by atoms with Crippen LogP contribution in [0.1, 0.15) is 20.3 Å². The quantitative estimate of drug-likeness (QED) is 0.0947. The molecule has 206 valence electrons. The van der Waals surface area contributed by atoms with Gasteiger partial charge in [-0.2, -0.15) is 9.97 Å². The summed E-state index contributed by atoms with van der Waals surface area (Å²) in [6, 6.07) is 15.0. The lowest BCUT2D eigenvalue weighted by molar-refractivity contribution is 0.292. The first-order valence-electron chi connectivity index (χ1n) is 12.7. The lowest BCUT2D eigenvalue weighted by Gasteiger charge is -2.09. The number of H-pyrrole nitrogens is 2. The van der Waals surface area contributed by atoms with Gasteiger partial charge in [-0.3, -0.25) is 0 Å². The Bertz CT molecular complexity index is 1700. The maximum Gasteiger partial charge on any atom is 0.225 e. The second-order valence-electron chi connectivity index (χ2n) is 8.12. The lowest BCUT2D eigenvalue weighted by atomic mass is 10.1. The highest BCUT2D eigenvalue weighted by Crippen LogP contribution is 2.30. The molecule has 6 aromatic rings. The minimum Gasteiger partial charge on any atom is -0.398 e. The molecule has 0 aliphatic rings. The number of hydrogen-bond acceptors (Lipinski definition) is 10. The predicted octanol–water partition coefficient (Wildman–Crippen LogP) is 4.68. The van der Waals surface area contributed by atoms with Gasteiger partial charge in [0.25, 0.3) is 0 Å². The van der Waals surface area contributed by atoms with E-state index in [9.17, 15) is 0 Å². The standard InChI is InChI=1S/C14H16N6O.C11H8ClN5.C2H6/c15-10-5-2-1-4-9(10)11-12-13(18-8-17-12)20-14(19-11)16-6-3-7-21;12-11-16-8(6-3-1-2-4-7(6)13)9-10(17-11)15-5-14-9;1-2/h1-2,4-5,8,21H,3,6-7,15H2,(H2,16,17,18,19,20);1-5H,13H2,(H,14,15,16,17);1-2H3. The van der Waals surface area contributed by atoms with Crippen LogP contribution in [0.4, 0.5) is 17.3 Å². The van der Waals surface area contributed by atoms with Crippen molar-refractivity contribution in [2.24, 2.45) is 0 Å². The molecule has 0 fully saturated rings. The average Bonchev–Trinajstić information content (AvgIpc) is 3.64. The average molecular weight is 560 g/mol. The Hall–Kier alpha value is -4.81. The molecule has 0 radical (unpaired) electrons. The maximum atomic E-state index is 8.84. The summed E-state index contributed by atoms with van der Waals surface area (Å²) in [5.74, 6) is 0.473. The Morgan fingerprint density at radius 2 is 1.30 bits per heavy atom. The fourth-order valence-electron chi connectivity index (χ4n) is 3.81. The third kappa shape index (κ3) is 6.25. The molecular formula is C27H30ClN11O. The van der Waals surface area contributed by atoms with Crippen molar-refractivity contribution >= 4 is 51.3 Å². The number of halogens is 1. The largest absolute Gasteiger partial charge is 0.398 e. The van der Waals surface area contributed by atoms with Gasteiger partial charge in [0.05, 0.1) is 12.7 Å². The predicted molar refractivity (Wildman–Crippen MR) is 160 cm³/mol. The van der Waals surface area contributed by atoms with E-state index in [0.717, 1.165) is 22.2 Å². The third-order valence-corrected chi connectivity index (χ3v) is 5.76. The van der Waals surface area contributed by atoms with E-state index in [1.165, 1.54) is 0 Å². The summed E-state index contributed by atoms with van der Waals surface area (Å²) in [6.07, 6.45) is 3.77. The SMILES string of the molecule is CC.Nc1ccccc1-c1nc(Cl)nc2nc[nH]c12.Nc1ccccc1-c1nc(NCCCO)nc2nc[nH]c12. The molecule has 13 heteroatoms. The fraction of sp³-hybridized carbons (Fsp3) is 0.185. The number of hydrogen-bond donors (Lipinski definition) is 6. The van der Waals surface area contributed by atoms with E-state index in [0.29, 0.717) is 53.0 Å². The minimum atomic E-state index is 0.121. The van der Waals surface area contributed by atoms with Gasteiger partial charge in [0.1, 0.15) is 22.4 Å². The number of benzene rings is 2. The van der Waals surface area contributed by atoms with Crippen molar-refractivity contribution in [1.82, 2.24) is 39.9 Å². The minimum absolute atomic E-state index is 0.121. The van der Waals surface area contributed by atoms with Crippen LogP contribution in [-0.2, 0) is 0 Å². The Labute approximate surface area is 235 Å². The van der Waals surface area contributed by atoms with E-state index in [2.05, 4.69) is 45.2 Å². The lowest BCUT2D eigenvalue weighted by Crippen LogP contribution is -2.08. The smallest absolute Gasteiger partial charge is 0.225 e. The first-order valence-corrected chi connectivity index (χ1v) is 13.0. The number of nitrogens with zero attached hydrogens (tertiary/aromatic N) is 6. The van der Waals surface area contributed by atoms with Gasteiger partial charge in [-0.05, 0) is 30.2 Å². The zero-order valence-electron chi connectivity index (χ0n) is 22.1. The number of nitrogens with one attached hydrogen (secondary N) is 3. The van der Waals surface area contributed by atoms with Crippen LogP contribution in [0.5, 0.6) is 0 Å². The van der Waals surface area contributed by atoms with E-state index >= 15 is 0 Å². The first kappa shape index (κ1) is 28.2. The molecule has 0 bridgehead atoms. The molecule has 0 unspecified atom stereocenters. The molecule has 0 aliphatic heterocycles. The number of para-hydroxylation sites is 2. The Morgan fingerprint density at radius 3 is 1.85 bits per heavy atom. The molecule has 40 heavy (non-hydrogen) atoms. The van der Waals surface area contributed by atoms with Crippen LogP contribution < -0.4 is 16.8 Å². The molecule has 0 atom stereocenters. The molecule has 6 rings (SSSR count). The van der Waals surface area contributed by atoms with E-state index in [1.54, 1.807) is 12.7 Å². The summed E-state index contributed by atoms with van der Waals surface area (Å²) < 4.78 is 0. The monoisotopic (exact) mass is 559 g/mol. The van der Waals surface area contributed by atoms with Gasteiger partial charge in [-0.15, -0.1) is 0 Å². The van der Waals surface area contributed by atoms with Crippen LogP contribution in [0.25, 0.3) is 44.8 Å². The van der Waals surface area contributed by atoms with Crippen molar-refractivity contribution in [2.75, 3.05) is 29.9 Å². The molecule has 0 saturated heterocycles. The maximum absolute atomic E-state index is 8.84. The third-order valence-electron chi connectivity index (χ3n) is 5.59. The number of aromatic nitrogens is 8. The number of aliphatic hydroxyl groups is 1. The summed E-state index contributed by atoms with van der Waals surface area (Å²) in [7, 11) is 0. The van der Waals surface area contributed by atoms with Gasteiger partial charge in [0, 0.05) is 35.7 Å².